The minimum atomic E-state index is -1.03. The maximum absolute atomic E-state index is 12.2. The number of hydrogen-bond donors (Lipinski definition) is 1. The molecule has 0 bridgehead atoms. The molecule has 0 atom stereocenters. The van der Waals surface area contributed by atoms with Crippen molar-refractivity contribution in [3.8, 4) is 0 Å². The summed E-state index contributed by atoms with van der Waals surface area (Å²) in [5, 5.41) is 8.54. The number of hydrogen-bond acceptors (Lipinski definition) is 4. The van der Waals surface area contributed by atoms with Gasteiger partial charge in [-0.2, -0.15) is 0 Å². The van der Waals surface area contributed by atoms with Crippen LogP contribution < -0.4 is 0 Å². The lowest BCUT2D eigenvalue weighted by molar-refractivity contribution is -0.131. The van der Waals surface area contributed by atoms with E-state index in [2.05, 4.69) is 4.98 Å². The van der Waals surface area contributed by atoms with Crippen LogP contribution >= 0.6 is 0 Å². The summed E-state index contributed by atoms with van der Waals surface area (Å²) in [5.41, 5.74) is 0.902. The summed E-state index contributed by atoms with van der Waals surface area (Å²) in [5.74, 6) is -0.583. The molecule has 1 amide bonds. The Balaban J connectivity index is 2.03. The van der Waals surface area contributed by atoms with E-state index in [-0.39, 0.29) is 11.6 Å². The number of carboxylic acids is 1. The third-order valence-electron chi connectivity index (χ3n) is 2.74. The van der Waals surface area contributed by atoms with E-state index in [1.807, 2.05) is 0 Å². The van der Waals surface area contributed by atoms with Crippen molar-refractivity contribution in [3.63, 3.8) is 0 Å². The van der Waals surface area contributed by atoms with Gasteiger partial charge in [0.25, 0.3) is 5.91 Å². The summed E-state index contributed by atoms with van der Waals surface area (Å²) in [6, 6.07) is 6.75. The van der Waals surface area contributed by atoms with Crippen LogP contribution in [0.25, 0.3) is 6.08 Å². The van der Waals surface area contributed by atoms with Crippen LogP contribution in [0.2, 0.25) is 0 Å². The molecule has 0 spiro atoms. The number of nitrogens with zero attached hydrogens (tertiary/aromatic N) is 2. The van der Waals surface area contributed by atoms with E-state index in [9.17, 15) is 9.59 Å². The average Bonchev–Trinajstić information content (AvgIpc) is 2.97. The fourth-order valence-corrected chi connectivity index (χ4v) is 1.70. The number of carbonyl (C=O) groups excluding carboxylic acids is 1. The third kappa shape index (κ3) is 4.04. The number of carboxylic acid groups (broad SMARTS) is 1. The second-order valence-electron chi connectivity index (χ2n) is 4.39. The van der Waals surface area contributed by atoms with Gasteiger partial charge in [-0.25, -0.2) is 4.79 Å². The Labute approximate surface area is 121 Å². The lowest BCUT2D eigenvalue weighted by Gasteiger charge is -2.15. The molecular weight excluding hydrogens is 272 g/mol. The van der Waals surface area contributed by atoms with E-state index >= 15 is 0 Å². The van der Waals surface area contributed by atoms with Crippen molar-refractivity contribution in [2.45, 2.75) is 6.54 Å². The molecule has 2 aromatic rings. The normalized spacial score (nSPS) is 10.7. The first-order valence-electron chi connectivity index (χ1n) is 6.21. The van der Waals surface area contributed by atoms with Gasteiger partial charge in [0.1, 0.15) is 11.5 Å². The minimum Gasteiger partial charge on any atom is -0.478 e. The fraction of sp³-hybridized carbons (Fsp3) is 0.133. The first-order chi connectivity index (χ1) is 10.1. The summed E-state index contributed by atoms with van der Waals surface area (Å²) < 4.78 is 5.18. The molecule has 0 saturated carbocycles. The Kier molecular flexibility index (Phi) is 4.50. The zero-order chi connectivity index (χ0) is 15.2. The maximum atomic E-state index is 12.2. The highest BCUT2D eigenvalue weighted by atomic mass is 16.4. The highest BCUT2D eigenvalue weighted by Gasteiger charge is 2.14. The third-order valence-corrected chi connectivity index (χ3v) is 2.74. The van der Waals surface area contributed by atoms with Crippen molar-refractivity contribution < 1.29 is 19.1 Å². The number of amides is 1. The van der Waals surface area contributed by atoms with Crippen LogP contribution in [0, 0.1) is 0 Å². The van der Waals surface area contributed by atoms with E-state index in [0.717, 1.165) is 6.08 Å². The predicted molar refractivity (Wildman–Crippen MR) is 75.4 cm³/mol. The number of aromatic nitrogens is 1. The Morgan fingerprint density at radius 1 is 1.38 bits per heavy atom. The lowest BCUT2D eigenvalue weighted by atomic mass is 10.2. The Bertz CT molecular complexity index is 645. The van der Waals surface area contributed by atoms with Crippen molar-refractivity contribution in [2.75, 3.05) is 7.05 Å². The Morgan fingerprint density at radius 3 is 2.76 bits per heavy atom. The topological polar surface area (TPSA) is 83.6 Å². The highest BCUT2D eigenvalue weighted by Crippen LogP contribution is 2.09. The second-order valence-corrected chi connectivity index (χ2v) is 4.39. The van der Waals surface area contributed by atoms with E-state index in [4.69, 9.17) is 9.52 Å². The van der Waals surface area contributed by atoms with Crippen LogP contribution in [0.1, 0.15) is 21.8 Å². The molecule has 1 N–H and O–H groups in total. The molecule has 0 aromatic carbocycles. The van der Waals surface area contributed by atoms with Gasteiger partial charge >= 0.3 is 5.97 Å². The van der Waals surface area contributed by atoms with E-state index < -0.39 is 5.97 Å². The van der Waals surface area contributed by atoms with E-state index in [1.54, 1.807) is 37.6 Å². The smallest absolute Gasteiger partial charge is 0.328 e. The van der Waals surface area contributed by atoms with Crippen LogP contribution in [0.5, 0.6) is 0 Å². The monoisotopic (exact) mass is 286 g/mol. The van der Waals surface area contributed by atoms with Crippen LogP contribution in [-0.2, 0) is 11.3 Å². The molecule has 0 fully saturated rings. The number of furan rings is 1. The first-order valence-corrected chi connectivity index (χ1v) is 6.21. The molecule has 0 aliphatic rings. The van der Waals surface area contributed by atoms with Crippen molar-refractivity contribution in [1.82, 2.24) is 9.88 Å². The molecule has 21 heavy (non-hydrogen) atoms. The van der Waals surface area contributed by atoms with E-state index in [0.29, 0.717) is 17.9 Å². The van der Waals surface area contributed by atoms with Crippen LogP contribution in [-0.4, -0.2) is 33.9 Å². The fourth-order valence-electron chi connectivity index (χ4n) is 1.70. The number of rotatable bonds is 5. The maximum Gasteiger partial charge on any atom is 0.328 e. The lowest BCUT2D eigenvalue weighted by Crippen LogP contribution is -2.26. The number of carbonyl (C=O) groups is 2. The van der Waals surface area contributed by atoms with Gasteiger partial charge < -0.3 is 14.4 Å². The predicted octanol–water partition coefficient (Wildman–Crippen LogP) is 2.04. The Hall–Kier alpha value is -2.89. The molecule has 2 aromatic heterocycles. The molecule has 6 heteroatoms. The van der Waals surface area contributed by atoms with Gasteiger partial charge in [0.15, 0.2) is 0 Å². The van der Waals surface area contributed by atoms with E-state index in [1.165, 1.54) is 17.2 Å². The first kappa shape index (κ1) is 14.5. The molecular formula is C15H14N2O4. The molecule has 0 radical (unpaired) electrons. The molecule has 0 saturated heterocycles. The summed E-state index contributed by atoms with van der Waals surface area (Å²) >= 11 is 0. The van der Waals surface area contributed by atoms with Gasteiger partial charge in [-0.1, -0.05) is 6.07 Å². The molecule has 108 valence electrons. The number of aliphatic carboxylic acids is 1. The highest BCUT2D eigenvalue weighted by molar-refractivity contribution is 5.92. The van der Waals surface area contributed by atoms with Crippen molar-refractivity contribution in [3.05, 3.63) is 59.8 Å². The molecule has 2 rings (SSSR count). The van der Waals surface area contributed by atoms with Gasteiger partial charge in [-0.15, -0.1) is 0 Å². The Morgan fingerprint density at radius 2 is 2.19 bits per heavy atom. The van der Waals surface area contributed by atoms with Crippen molar-refractivity contribution in [1.29, 1.82) is 0 Å². The minimum absolute atomic E-state index is 0.236. The molecule has 6 nitrogen and oxygen atoms in total. The van der Waals surface area contributed by atoms with Crippen LogP contribution in [0.3, 0.4) is 0 Å². The summed E-state index contributed by atoms with van der Waals surface area (Å²) in [6.07, 6.45) is 5.43. The summed E-state index contributed by atoms with van der Waals surface area (Å²) in [4.78, 5) is 28.1. The van der Waals surface area contributed by atoms with Crippen LogP contribution in [0.15, 0.2) is 47.2 Å². The van der Waals surface area contributed by atoms with Gasteiger partial charge in [-0.05, 0) is 29.8 Å². The standard InChI is InChI=1S/C15H14N2O4/c1-17(10-12-3-2-8-21-12)15(20)13-6-4-11(9-16-13)5-7-14(18)19/h2-9H,10H2,1H3,(H,18,19). The summed E-state index contributed by atoms with van der Waals surface area (Å²) in [6.45, 7) is 0.355. The quantitative estimate of drug-likeness (QED) is 0.850. The zero-order valence-electron chi connectivity index (χ0n) is 11.4. The average molecular weight is 286 g/mol. The van der Waals surface area contributed by atoms with Crippen LogP contribution in [0.4, 0.5) is 0 Å². The van der Waals surface area contributed by atoms with Crippen molar-refractivity contribution in [2.24, 2.45) is 0 Å². The van der Waals surface area contributed by atoms with Gasteiger partial charge in [0, 0.05) is 19.3 Å². The number of pyridine rings is 1. The summed E-state index contributed by atoms with van der Waals surface area (Å²) in [7, 11) is 1.66. The SMILES string of the molecule is CN(Cc1ccco1)C(=O)c1ccc(C=CC(=O)O)cn1. The van der Waals surface area contributed by atoms with Gasteiger partial charge in [-0.3, -0.25) is 9.78 Å². The molecule has 0 unspecified atom stereocenters. The second kappa shape index (κ2) is 6.51. The zero-order valence-corrected chi connectivity index (χ0v) is 11.4. The molecule has 0 aliphatic heterocycles. The van der Waals surface area contributed by atoms with Gasteiger partial charge in [0.2, 0.25) is 0 Å². The van der Waals surface area contributed by atoms with Crippen molar-refractivity contribution >= 4 is 18.0 Å². The molecule has 0 aliphatic carbocycles. The molecule has 2 heterocycles. The largest absolute Gasteiger partial charge is 0.478 e. The van der Waals surface area contributed by atoms with Gasteiger partial charge in [0.05, 0.1) is 12.8 Å².